The van der Waals surface area contributed by atoms with Crippen molar-refractivity contribution in [1.82, 2.24) is 9.97 Å². The highest BCUT2D eigenvalue weighted by Gasteiger charge is 2.45. The minimum atomic E-state index is -2.66. The van der Waals surface area contributed by atoms with E-state index in [1.54, 1.807) is 24.0 Å². The molecule has 3 fully saturated rings. The maximum Gasteiger partial charge on any atom is 0.260 e. The Hall–Kier alpha value is -2.70. The Balaban J connectivity index is 1.40. The van der Waals surface area contributed by atoms with E-state index in [1.807, 2.05) is 13.0 Å². The van der Waals surface area contributed by atoms with Crippen molar-refractivity contribution in [2.75, 3.05) is 58.4 Å². The molecule has 12 heteroatoms. The van der Waals surface area contributed by atoms with E-state index in [0.29, 0.717) is 33.7 Å². The first kappa shape index (κ1) is 27.9. The van der Waals surface area contributed by atoms with Crippen LogP contribution < -0.4 is 19.8 Å². The van der Waals surface area contributed by atoms with E-state index in [2.05, 4.69) is 24.9 Å². The molecule has 1 aromatic carbocycles. The van der Waals surface area contributed by atoms with Gasteiger partial charge in [0, 0.05) is 50.8 Å². The second-order valence-electron chi connectivity index (χ2n) is 11.0. The lowest BCUT2D eigenvalue weighted by atomic mass is 9.92. The summed E-state index contributed by atoms with van der Waals surface area (Å²) >= 11 is -1.45. The van der Waals surface area contributed by atoms with Crippen LogP contribution in [0.2, 0.25) is 0 Å². The van der Waals surface area contributed by atoms with E-state index in [1.165, 1.54) is 12.8 Å². The Morgan fingerprint density at radius 3 is 2.33 bits per heavy atom. The lowest BCUT2D eigenvalue weighted by Gasteiger charge is -2.35. The molecule has 2 aromatic rings. The largest absolute Gasteiger partial charge is 0.593 e. The number of benzene rings is 1. The lowest BCUT2D eigenvalue weighted by molar-refractivity contribution is -0.0221. The van der Waals surface area contributed by atoms with Crippen LogP contribution in [-0.2, 0) is 11.4 Å². The van der Waals surface area contributed by atoms with Gasteiger partial charge in [-0.25, -0.2) is 18.5 Å². The third kappa shape index (κ3) is 6.55. The highest BCUT2D eigenvalue weighted by molar-refractivity contribution is 7.92. The number of carbonyl (C=O) groups excluding carboxylic acids is 1. The summed E-state index contributed by atoms with van der Waals surface area (Å²) in [6, 6.07) is 5.36. The zero-order valence-corrected chi connectivity index (χ0v) is 23.3. The van der Waals surface area contributed by atoms with Crippen molar-refractivity contribution in [2.45, 2.75) is 58.3 Å². The number of rotatable bonds is 8. The van der Waals surface area contributed by atoms with Gasteiger partial charge >= 0.3 is 0 Å². The summed E-state index contributed by atoms with van der Waals surface area (Å²) in [5.74, 6) is -2.28. The molecule has 9 nitrogen and oxygen atoms in total. The number of amides is 1. The molecule has 1 spiro atoms. The molecule has 3 aliphatic rings. The lowest BCUT2D eigenvalue weighted by Crippen LogP contribution is -2.40. The Morgan fingerprint density at radius 1 is 1.03 bits per heavy atom. The topological polar surface area (TPSA) is 117 Å². The molecule has 39 heavy (non-hydrogen) atoms. The van der Waals surface area contributed by atoms with E-state index in [9.17, 15) is 18.1 Å². The quantitative estimate of drug-likeness (QED) is 0.413. The molecule has 1 amide bonds. The van der Waals surface area contributed by atoms with Crippen LogP contribution in [0.25, 0.3) is 0 Å². The van der Waals surface area contributed by atoms with E-state index in [-0.39, 0.29) is 50.1 Å². The number of aromatic nitrogens is 2. The normalized spacial score (nSPS) is 20.6. The van der Waals surface area contributed by atoms with Gasteiger partial charge in [0.05, 0.1) is 34.9 Å². The van der Waals surface area contributed by atoms with Gasteiger partial charge in [-0.2, -0.15) is 4.98 Å². The predicted molar refractivity (Wildman–Crippen MR) is 149 cm³/mol. The average Bonchev–Trinajstić information content (AvgIpc) is 3.62. The smallest absolute Gasteiger partial charge is 0.260 e. The van der Waals surface area contributed by atoms with Crippen molar-refractivity contribution < 1.29 is 23.2 Å². The molecular weight excluding hydrogens is 526 g/mol. The standard InChI is InChI=1S/C27H36F2N6O3S/c1-18-15-20(33-39(38)14-13-36)17-21(34-9-5-26(3-4-26)6-10-34)23(18)24(37)32-25-30-19(2)16-22(31-25)35-11-7-27(28,29)8-12-35/h15-17,33,36H,3-14H2,1-2H3,(H,30,31,32,37). The van der Waals surface area contributed by atoms with Crippen molar-refractivity contribution in [1.29, 1.82) is 0 Å². The van der Waals surface area contributed by atoms with E-state index in [4.69, 9.17) is 5.11 Å². The number of hydrogen-bond donors (Lipinski definition) is 3. The highest BCUT2D eigenvalue weighted by atomic mass is 32.2. The first-order valence-corrected chi connectivity index (χ1v) is 14.8. The second kappa shape index (κ2) is 11.1. The van der Waals surface area contributed by atoms with Crippen molar-refractivity contribution in [3.8, 4) is 0 Å². The maximum atomic E-state index is 13.7. The van der Waals surface area contributed by atoms with Gasteiger partial charge in [-0.05, 0) is 62.6 Å². The molecule has 1 unspecified atom stereocenters. The number of nitrogens with one attached hydrogen (secondary N) is 2. The number of piperidine rings is 2. The minimum absolute atomic E-state index is 0.102. The van der Waals surface area contributed by atoms with Gasteiger partial charge in [0.1, 0.15) is 5.82 Å². The number of carbonyl (C=O) groups is 1. The molecule has 2 saturated heterocycles. The summed E-state index contributed by atoms with van der Waals surface area (Å²) in [5.41, 5.74) is 3.64. The van der Waals surface area contributed by atoms with E-state index < -0.39 is 17.3 Å². The first-order chi connectivity index (χ1) is 18.6. The van der Waals surface area contributed by atoms with Gasteiger partial charge in [-0.15, -0.1) is 0 Å². The Kier molecular flexibility index (Phi) is 7.89. The van der Waals surface area contributed by atoms with Gasteiger partial charge in [-0.1, -0.05) is 0 Å². The molecule has 1 atom stereocenters. The third-order valence-corrected chi connectivity index (χ3v) is 9.07. The summed E-state index contributed by atoms with van der Waals surface area (Å²) in [6.07, 6.45) is 4.19. The number of aliphatic hydroxyl groups excluding tert-OH is 1. The predicted octanol–water partition coefficient (Wildman–Crippen LogP) is 4.03. The van der Waals surface area contributed by atoms with E-state index >= 15 is 0 Å². The second-order valence-corrected chi connectivity index (χ2v) is 12.3. The number of anilines is 4. The molecule has 3 heterocycles. The van der Waals surface area contributed by atoms with Crippen LogP contribution in [-0.4, -0.2) is 70.0 Å². The van der Waals surface area contributed by atoms with Crippen LogP contribution in [0.5, 0.6) is 0 Å². The average molecular weight is 563 g/mol. The summed E-state index contributed by atoms with van der Waals surface area (Å²) in [7, 11) is 0. The number of aryl methyl sites for hydroxylation is 2. The van der Waals surface area contributed by atoms with Crippen molar-refractivity contribution in [3.63, 3.8) is 0 Å². The molecule has 1 aliphatic carbocycles. The third-order valence-electron chi connectivity index (χ3n) is 8.06. The number of nitrogens with zero attached hydrogens (tertiary/aromatic N) is 4. The number of halogens is 2. The Morgan fingerprint density at radius 2 is 1.69 bits per heavy atom. The molecule has 212 valence electrons. The van der Waals surface area contributed by atoms with Crippen LogP contribution in [0.15, 0.2) is 18.2 Å². The molecule has 0 radical (unpaired) electrons. The van der Waals surface area contributed by atoms with Crippen molar-refractivity contribution in [2.24, 2.45) is 5.41 Å². The van der Waals surface area contributed by atoms with Gasteiger partial charge in [0.15, 0.2) is 5.75 Å². The zero-order valence-electron chi connectivity index (χ0n) is 22.4. The van der Waals surface area contributed by atoms with Gasteiger partial charge in [0.2, 0.25) is 5.95 Å². The Labute approximate surface area is 230 Å². The first-order valence-electron chi connectivity index (χ1n) is 13.5. The van der Waals surface area contributed by atoms with Crippen LogP contribution in [0.3, 0.4) is 0 Å². The van der Waals surface area contributed by atoms with Crippen LogP contribution in [0.4, 0.5) is 31.9 Å². The van der Waals surface area contributed by atoms with E-state index in [0.717, 1.165) is 31.6 Å². The molecule has 5 rings (SSSR count). The fourth-order valence-corrected chi connectivity index (χ4v) is 6.18. The summed E-state index contributed by atoms with van der Waals surface area (Å²) in [6.45, 7) is 5.44. The number of hydrogen-bond acceptors (Lipinski definition) is 8. The highest BCUT2D eigenvalue weighted by Crippen LogP contribution is 2.54. The fraction of sp³-hybridized carbons (Fsp3) is 0.593. The monoisotopic (exact) mass is 562 g/mol. The molecular formula is C27H36F2N6O3S. The maximum absolute atomic E-state index is 13.7. The molecule has 3 N–H and O–H groups in total. The van der Waals surface area contributed by atoms with Crippen molar-refractivity contribution in [3.05, 3.63) is 35.0 Å². The zero-order chi connectivity index (χ0) is 27.8. The Bertz CT molecular complexity index is 1210. The van der Waals surface area contributed by atoms with Gasteiger partial charge in [-0.3, -0.25) is 10.1 Å². The number of aliphatic hydroxyl groups is 1. The summed E-state index contributed by atoms with van der Waals surface area (Å²) in [4.78, 5) is 26.6. The SMILES string of the molecule is Cc1cc(N2CCC(F)(F)CC2)nc(NC(=O)c2c(C)cc(N[S+]([O-])CCO)cc2N2CCC3(CC2)CC3)n1. The fourth-order valence-electron chi connectivity index (χ4n) is 5.53. The van der Waals surface area contributed by atoms with Crippen LogP contribution in [0, 0.1) is 19.3 Å². The summed E-state index contributed by atoms with van der Waals surface area (Å²) in [5, 5.41) is 12.0. The molecule has 2 aliphatic heterocycles. The van der Waals surface area contributed by atoms with Gasteiger partial charge in [0.25, 0.3) is 11.8 Å². The minimum Gasteiger partial charge on any atom is -0.593 e. The van der Waals surface area contributed by atoms with Gasteiger partial charge < -0.3 is 19.5 Å². The summed E-state index contributed by atoms with van der Waals surface area (Å²) < 4.78 is 42.6. The number of alkyl halides is 2. The molecule has 1 aromatic heterocycles. The molecule has 0 bridgehead atoms. The van der Waals surface area contributed by atoms with Crippen LogP contribution in [0.1, 0.15) is 60.1 Å². The van der Waals surface area contributed by atoms with Crippen LogP contribution >= 0.6 is 0 Å². The van der Waals surface area contributed by atoms with Crippen molar-refractivity contribution >= 4 is 40.4 Å². The molecule has 1 saturated carbocycles.